The van der Waals surface area contributed by atoms with Crippen molar-refractivity contribution in [3.63, 3.8) is 0 Å². The highest BCUT2D eigenvalue weighted by Crippen LogP contribution is 2.31. The van der Waals surface area contributed by atoms with E-state index < -0.39 is 32.2 Å². The molecule has 0 aromatic heterocycles. The minimum absolute atomic E-state index is 0.0762. The van der Waals surface area contributed by atoms with E-state index in [0.717, 1.165) is 18.2 Å². The Kier molecular flexibility index (Phi) is 7.88. The van der Waals surface area contributed by atoms with Crippen molar-refractivity contribution in [2.45, 2.75) is 51.4 Å². The van der Waals surface area contributed by atoms with Crippen LogP contribution in [0.25, 0.3) is 0 Å². The normalized spacial score (nSPS) is 12.7. The van der Waals surface area contributed by atoms with Crippen molar-refractivity contribution in [1.29, 1.82) is 0 Å². The highest BCUT2D eigenvalue weighted by Gasteiger charge is 2.33. The van der Waals surface area contributed by atoms with Crippen LogP contribution < -0.4 is 4.18 Å². The van der Waals surface area contributed by atoms with Gasteiger partial charge in [0, 0.05) is 18.5 Å². The highest BCUT2D eigenvalue weighted by atomic mass is 35.5. The van der Waals surface area contributed by atoms with E-state index in [1.165, 1.54) is 12.1 Å². The van der Waals surface area contributed by atoms with Gasteiger partial charge in [-0.05, 0) is 63.6 Å². The molecule has 0 aliphatic carbocycles. The first-order chi connectivity index (χ1) is 14.7. The number of hydrogen-bond donors (Lipinski definition) is 0. The summed E-state index contributed by atoms with van der Waals surface area (Å²) in [7, 11) is -4.50. The molecule has 2 rings (SSSR count). The molecule has 176 valence electrons. The van der Waals surface area contributed by atoms with Crippen LogP contribution in [0.1, 0.15) is 38.8 Å². The Bertz CT molecular complexity index is 1070. The van der Waals surface area contributed by atoms with E-state index in [1.807, 2.05) is 13.8 Å². The van der Waals surface area contributed by atoms with Gasteiger partial charge in [0.15, 0.2) is 0 Å². The predicted molar refractivity (Wildman–Crippen MR) is 116 cm³/mol. The van der Waals surface area contributed by atoms with Gasteiger partial charge < -0.3 is 9.08 Å². The minimum Gasteiger partial charge on any atom is -0.379 e. The molecule has 5 nitrogen and oxygen atoms in total. The number of nitrogens with zero attached hydrogens (tertiary/aromatic N) is 1. The smallest absolute Gasteiger partial charge is 0.379 e. The maximum Gasteiger partial charge on any atom is 0.416 e. The highest BCUT2D eigenvalue weighted by molar-refractivity contribution is 7.87. The van der Waals surface area contributed by atoms with Gasteiger partial charge in [0.2, 0.25) is 5.91 Å². The first kappa shape index (κ1) is 26.0. The summed E-state index contributed by atoms with van der Waals surface area (Å²) < 4.78 is 68.9. The number of carbonyl (C=O) groups excluding carboxylic acids is 1. The maximum absolute atomic E-state index is 12.9. The largest absolute Gasteiger partial charge is 0.416 e. The molecule has 32 heavy (non-hydrogen) atoms. The maximum atomic E-state index is 12.9. The van der Waals surface area contributed by atoms with Gasteiger partial charge in [0.25, 0.3) is 0 Å². The van der Waals surface area contributed by atoms with Crippen LogP contribution in [0.15, 0.2) is 53.4 Å². The van der Waals surface area contributed by atoms with Crippen molar-refractivity contribution in [3.8, 4) is 5.75 Å². The summed E-state index contributed by atoms with van der Waals surface area (Å²) in [6, 6.07) is 9.22. The molecule has 0 N–H and O–H groups in total. The standard InChI is InChI=1S/C22H25ClF3NO4S/c1-15(2)27(20(28)21(3,4)14-23)13-16-7-5-9-18(11-16)31-32(29,30)19-10-6-8-17(12-19)22(24,25)26/h5-12,15H,13-14H2,1-4H3. The zero-order chi connectivity index (χ0) is 24.3. The summed E-state index contributed by atoms with van der Waals surface area (Å²) in [6.07, 6.45) is -4.69. The summed E-state index contributed by atoms with van der Waals surface area (Å²) in [5.41, 5.74) is -1.29. The number of hydrogen-bond acceptors (Lipinski definition) is 4. The molecular weight excluding hydrogens is 467 g/mol. The summed E-state index contributed by atoms with van der Waals surface area (Å²) in [5, 5.41) is 0. The van der Waals surface area contributed by atoms with E-state index in [4.69, 9.17) is 15.8 Å². The molecule has 0 unspecified atom stereocenters. The number of halogens is 4. The molecule has 1 amide bonds. The van der Waals surface area contributed by atoms with Crippen LogP contribution in [0.2, 0.25) is 0 Å². The average Bonchev–Trinajstić information content (AvgIpc) is 2.70. The first-order valence-corrected chi connectivity index (χ1v) is 11.7. The van der Waals surface area contributed by atoms with E-state index in [9.17, 15) is 26.4 Å². The zero-order valence-corrected chi connectivity index (χ0v) is 19.7. The molecule has 0 heterocycles. The van der Waals surface area contributed by atoms with Crippen LogP contribution >= 0.6 is 11.6 Å². The topological polar surface area (TPSA) is 63.7 Å². The molecule has 0 saturated carbocycles. The molecule has 10 heteroatoms. The molecule has 0 spiro atoms. The molecule has 0 radical (unpaired) electrons. The van der Waals surface area contributed by atoms with E-state index in [2.05, 4.69) is 0 Å². The monoisotopic (exact) mass is 491 g/mol. The molecule has 0 saturated heterocycles. The molecule has 0 bridgehead atoms. The fourth-order valence-electron chi connectivity index (χ4n) is 2.83. The third kappa shape index (κ3) is 6.38. The number of carbonyl (C=O) groups is 1. The van der Waals surface area contributed by atoms with Crippen LogP contribution in [-0.4, -0.2) is 31.1 Å². The van der Waals surface area contributed by atoms with Gasteiger partial charge in [-0.3, -0.25) is 4.79 Å². The molecular formula is C22H25ClF3NO4S. The third-order valence-electron chi connectivity index (χ3n) is 4.70. The van der Waals surface area contributed by atoms with Crippen LogP contribution in [0.4, 0.5) is 13.2 Å². The van der Waals surface area contributed by atoms with Crippen molar-refractivity contribution >= 4 is 27.6 Å². The third-order valence-corrected chi connectivity index (χ3v) is 6.62. The molecule has 0 aliphatic heterocycles. The molecule has 0 aliphatic rings. The van der Waals surface area contributed by atoms with Gasteiger partial charge in [0.05, 0.1) is 11.0 Å². The van der Waals surface area contributed by atoms with Crippen molar-refractivity contribution in [1.82, 2.24) is 4.90 Å². The van der Waals surface area contributed by atoms with Crippen LogP contribution in [0.5, 0.6) is 5.75 Å². The summed E-state index contributed by atoms with van der Waals surface area (Å²) in [6.45, 7) is 7.34. The van der Waals surface area contributed by atoms with Gasteiger partial charge in [0.1, 0.15) is 10.6 Å². The quantitative estimate of drug-likeness (QED) is 0.362. The molecule has 0 atom stereocenters. The number of rotatable bonds is 8. The Morgan fingerprint density at radius 1 is 1.09 bits per heavy atom. The second-order valence-corrected chi connectivity index (χ2v) is 10.1. The van der Waals surface area contributed by atoms with Gasteiger partial charge in [-0.25, -0.2) is 0 Å². The summed E-state index contributed by atoms with van der Waals surface area (Å²) in [5.74, 6) is -0.106. The lowest BCUT2D eigenvalue weighted by Crippen LogP contribution is -2.45. The number of alkyl halides is 4. The molecule has 2 aromatic carbocycles. The van der Waals surface area contributed by atoms with Crippen LogP contribution in [0, 0.1) is 5.41 Å². The van der Waals surface area contributed by atoms with Crippen molar-refractivity contribution < 1.29 is 30.6 Å². The first-order valence-electron chi connectivity index (χ1n) is 9.75. The lowest BCUT2D eigenvalue weighted by atomic mass is 9.93. The van der Waals surface area contributed by atoms with Gasteiger partial charge in [-0.2, -0.15) is 21.6 Å². The second kappa shape index (κ2) is 9.70. The zero-order valence-electron chi connectivity index (χ0n) is 18.1. The molecule has 0 fully saturated rings. The Morgan fingerprint density at radius 3 is 2.28 bits per heavy atom. The fourth-order valence-corrected chi connectivity index (χ4v) is 3.91. The lowest BCUT2D eigenvalue weighted by Gasteiger charge is -2.33. The SMILES string of the molecule is CC(C)N(Cc1cccc(OS(=O)(=O)c2cccc(C(F)(F)F)c2)c1)C(=O)C(C)(C)CCl. The van der Waals surface area contributed by atoms with E-state index in [-0.39, 0.29) is 30.1 Å². The summed E-state index contributed by atoms with van der Waals surface area (Å²) in [4.78, 5) is 13.9. The van der Waals surface area contributed by atoms with Crippen LogP contribution in [-0.2, 0) is 27.6 Å². The van der Waals surface area contributed by atoms with Gasteiger partial charge in [-0.1, -0.05) is 18.2 Å². The second-order valence-electron chi connectivity index (χ2n) is 8.25. The lowest BCUT2D eigenvalue weighted by molar-refractivity contribution is -0.141. The van der Waals surface area contributed by atoms with Gasteiger partial charge in [-0.15, -0.1) is 11.6 Å². The minimum atomic E-state index is -4.69. The van der Waals surface area contributed by atoms with Crippen molar-refractivity contribution in [2.75, 3.05) is 5.88 Å². The predicted octanol–water partition coefficient (Wildman–Crippen LogP) is 5.48. The average molecular weight is 492 g/mol. The Hall–Kier alpha value is -2.26. The van der Waals surface area contributed by atoms with Gasteiger partial charge >= 0.3 is 16.3 Å². The van der Waals surface area contributed by atoms with E-state index >= 15 is 0 Å². The fraction of sp³-hybridized carbons (Fsp3) is 0.409. The summed E-state index contributed by atoms with van der Waals surface area (Å²) >= 11 is 5.93. The Morgan fingerprint density at radius 2 is 1.72 bits per heavy atom. The Labute approximate surface area is 191 Å². The molecule has 2 aromatic rings. The number of amides is 1. The van der Waals surface area contributed by atoms with E-state index in [0.29, 0.717) is 11.6 Å². The Balaban J connectivity index is 2.29. The van der Waals surface area contributed by atoms with Crippen molar-refractivity contribution in [2.24, 2.45) is 5.41 Å². The number of benzene rings is 2. The van der Waals surface area contributed by atoms with E-state index in [1.54, 1.807) is 30.9 Å². The van der Waals surface area contributed by atoms with Crippen molar-refractivity contribution in [3.05, 3.63) is 59.7 Å². The van der Waals surface area contributed by atoms with Crippen LogP contribution in [0.3, 0.4) is 0 Å².